The number of nitro benzene ring substituents is 1. The van der Waals surface area contributed by atoms with E-state index in [1.165, 1.54) is 18.2 Å². The van der Waals surface area contributed by atoms with Crippen LogP contribution in [0.3, 0.4) is 0 Å². The van der Waals surface area contributed by atoms with Crippen LogP contribution in [-0.4, -0.2) is 10.8 Å². The molecular formula is C21H14ClN3O4. The standard InChI is InChI=1S/C21H14ClN3O4/c1-13-5-7-18(19(9-13)25(27)28)24-21(26)15(12-23)11-17-6-8-20(29-17)14-3-2-4-16(22)10-14/h2-11H,1H3,(H,24,26)/b15-11+. The van der Waals surface area contributed by atoms with E-state index >= 15 is 0 Å². The van der Waals surface area contributed by atoms with E-state index in [9.17, 15) is 20.2 Å². The largest absolute Gasteiger partial charge is 0.457 e. The van der Waals surface area contributed by atoms with Gasteiger partial charge < -0.3 is 9.73 Å². The molecule has 0 aliphatic carbocycles. The number of carbonyl (C=O) groups excluding carboxylic acids is 1. The normalized spacial score (nSPS) is 11.0. The lowest BCUT2D eigenvalue weighted by Gasteiger charge is -2.06. The number of nitrogens with zero attached hydrogens (tertiary/aromatic N) is 2. The third-order valence-electron chi connectivity index (χ3n) is 3.99. The fraction of sp³-hybridized carbons (Fsp3) is 0.0476. The van der Waals surface area contributed by atoms with Crippen LogP contribution in [0, 0.1) is 28.4 Å². The van der Waals surface area contributed by atoms with E-state index < -0.39 is 10.8 Å². The van der Waals surface area contributed by atoms with Crippen LogP contribution in [0.4, 0.5) is 11.4 Å². The Bertz CT molecular complexity index is 1170. The molecule has 0 unspecified atom stereocenters. The summed E-state index contributed by atoms with van der Waals surface area (Å²) < 4.78 is 5.66. The van der Waals surface area contributed by atoms with Gasteiger partial charge in [0, 0.05) is 22.7 Å². The average molecular weight is 408 g/mol. The molecule has 1 aromatic heterocycles. The molecule has 8 heteroatoms. The van der Waals surface area contributed by atoms with Gasteiger partial charge in [-0.15, -0.1) is 0 Å². The van der Waals surface area contributed by atoms with E-state index in [-0.39, 0.29) is 22.7 Å². The Morgan fingerprint density at radius 1 is 1.24 bits per heavy atom. The molecule has 0 aliphatic rings. The predicted molar refractivity (Wildman–Crippen MR) is 109 cm³/mol. The third kappa shape index (κ3) is 4.69. The number of rotatable bonds is 5. The molecule has 2 aromatic carbocycles. The van der Waals surface area contributed by atoms with Crippen molar-refractivity contribution in [1.82, 2.24) is 0 Å². The summed E-state index contributed by atoms with van der Waals surface area (Å²) in [4.78, 5) is 23.0. The first-order valence-electron chi connectivity index (χ1n) is 8.41. The van der Waals surface area contributed by atoms with Crippen molar-refractivity contribution in [3.05, 3.63) is 86.6 Å². The highest BCUT2D eigenvalue weighted by atomic mass is 35.5. The number of furan rings is 1. The van der Waals surface area contributed by atoms with Gasteiger partial charge >= 0.3 is 0 Å². The van der Waals surface area contributed by atoms with Crippen molar-refractivity contribution in [3.8, 4) is 17.4 Å². The lowest BCUT2D eigenvalue weighted by atomic mass is 10.1. The number of aryl methyl sites for hydroxylation is 1. The number of hydrogen-bond donors (Lipinski definition) is 1. The quantitative estimate of drug-likeness (QED) is 0.265. The van der Waals surface area contributed by atoms with Gasteiger partial charge in [0.05, 0.1) is 4.92 Å². The molecule has 0 bridgehead atoms. The Labute approximate surface area is 171 Å². The number of nitrogens with one attached hydrogen (secondary N) is 1. The van der Waals surface area contributed by atoms with Gasteiger partial charge in [0.2, 0.25) is 0 Å². The first-order valence-corrected chi connectivity index (χ1v) is 8.79. The van der Waals surface area contributed by atoms with E-state index in [2.05, 4.69) is 5.32 Å². The number of amides is 1. The predicted octanol–water partition coefficient (Wildman–Crippen LogP) is 5.36. The van der Waals surface area contributed by atoms with Crippen molar-refractivity contribution in [1.29, 1.82) is 5.26 Å². The van der Waals surface area contributed by atoms with Crippen LogP contribution in [-0.2, 0) is 4.79 Å². The molecule has 29 heavy (non-hydrogen) atoms. The number of anilines is 1. The van der Waals surface area contributed by atoms with Crippen LogP contribution < -0.4 is 5.32 Å². The van der Waals surface area contributed by atoms with Crippen LogP contribution in [0.15, 0.2) is 64.6 Å². The maximum Gasteiger partial charge on any atom is 0.293 e. The molecule has 3 aromatic rings. The summed E-state index contributed by atoms with van der Waals surface area (Å²) >= 11 is 5.97. The van der Waals surface area contributed by atoms with Gasteiger partial charge in [0.25, 0.3) is 11.6 Å². The molecular weight excluding hydrogens is 394 g/mol. The summed E-state index contributed by atoms with van der Waals surface area (Å²) in [6.07, 6.45) is 1.27. The van der Waals surface area contributed by atoms with Crippen LogP contribution >= 0.6 is 11.6 Å². The minimum absolute atomic E-state index is 0.00538. The second-order valence-corrected chi connectivity index (χ2v) is 6.55. The topological polar surface area (TPSA) is 109 Å². The van der Waals surface area contributed by atoms with Gasteiger partial charge in [0.15, 0.2) is 0 Å². The van der Waals surface area contributed by atoms with E-state index in [1.807, 2.05) is 6.07 Å². The summed E-state index contributed by atoms with van der Waals surface area (Å²) in [6, 6.07) is 16.5. The number of halogens is 1. The molecule has 1 N–H and O–H groups in total. The summed E-state index contributed by atoms with van der Waals surface area (Å²) in [6.45, 7) is 1.70. The van der Waals surface area contributed by atoms with Crippen molar-refractivity contribution >= 4 is 35.0 Å². The molecule has 0 spiro atoms. The Kier molecular flexibility index (Phi) is 5.77. The van der Waals surface area contributed by atoms with Crippen molar-refractivity contribution < 1.29 is 14.1 Å². The highest BCUT2D eigenvalue weighted by molar-refractivity contribution is 6.30. The maximum absolute atomic E-state index is 12.4. The van der Waals surface area contributed by atoms with E-state index in [1.54, 1.807) is 49.4 Å². The number of benzene rings is 2. The van der Waals surface area contributed by atoms with E-state index in [0.29, 0.717) is 16.3 Å². The second-order valence-electron chi connectivity index (χ2n) is 6.11. The number of nitriles is 1. The molecule has 3 rings (SSSR count). The Morgan fingerprint density at radius 2 is 2.03 bits per heavy atom. The third-order valence-corrected chi connectivity index (χ3v) is 4.22. The van der Waals surface area contributed by atoms with Gasteiger partial charge in [-0.25, -0.2) is 0 Å². The van der Waals surface area contributed by atoms with Crippen molar-refractivity contribution in [2.75, 3.05) is 5.32 Å². The monoisotopic (exact) mass is 407 g/mol. The summed E-state index contributed by atoms with van der Waals surface area (Å²) in [5.41, 5.74) is 0.917. The number of nitro groups is 1. The Morgan fingerprint density at radius 3 is 2.72 bits per heavy atom. The van der Waals surface area contributed by atoms with Crippen molar-refractivity contribution in [3.63, 3.8) is 0 Å². The number of hydrogen-bond acceptors (Lipinski definition) is 5. The fourth-order valence-corrected chi connectivity index (χ4v) is 2.80. The first kappa shape index (κ1) is 19.9. The highest BCUT2D eigenvalue weighted by Crippen LogP contribution is 2.27. The van der Waals surface area contributed by atoms with Gasteiger partial charge in [-0.1, -0.05) is 29.8 Å². The van der Waals surface area contributed by atoms with E-state index in [0.717, 1.165) is 5.56 Å². The molecule has 0 aliphatic heterocycles. The molecule has 0 fully saturated rings. The molecule has 1 amide bonds. The van der Waals surface area contributed by atoms with Crippen molar-refractivity contribution in [2.45, 2.75) is 6.92 Å². The molecule has 1 heterocycles. The molecule has 144 valence electrons. The minimum Gasteiger partial charge on any atom is -0.457 e. The van der Waals surface area contributed by atoms with Gasteiger partial charge in [-0.05, 0) is 42.8 Å². The van der Waals surface area contributed by atoms with Crippen LogP contribution in [0.5, 0.6) is 0 Å². The van der Waals surface area contributed by atoms with Gasteiger partial charge in [-0.3, -0.25) is 14.9 Å². The zero-order valence-corrected chi connectivity index (χ0v) is 15.9. The smallest absolute Gasteiger partial charge is 0.293 e. The van der Waals surface area contributed by atoms with Gasteiger partial charge in [0.1, 0.15) is 28.9 Å². The molecule has 7 nitrogen and oxygen atoms in total. The minimum atomic E-state index is -0.778. The Balaban J connectivity index is 1.85. The fourth-order valence-electron chi connectivity index (χ4n) is 2.61. The Hall–Kier alpha value is -3.89. The number of carbonyl (C=O) groups is 1. The lowest BCUT2D eigenvalue weighted by Crippen LogP contribution is -2.14. The molecule has 0 saturated carbocycles. The van der Waals surface area contributed by atoms with Crippen LogP contribution in [0.2, 0.25) is 5.02 Å². The molecule has 0 saturated heterocycles. The molecule has 0 radical (unpaired) electrons. The zero-order chi connectivity index (χ0) is 21.0. The summed E-state index contributed by atoms with van der Waals surface area (Å²) in [5, 5.41) is 23.5. The summed E-state index contributed by atoms with van der Waals surface area (Å²) in [7, 11) is 0. The zero-order valence-electron chi connectivity index (χ0n) is 15.2. The molecule has 0 atom stereocenters. The average Bonchev–Trinajstić information content (AvgIpc) is 3.16. The first-order chi connectivity index (χ1) is 13.9. The second kappa shape index (κ2) is 8.42. The van der Waals surface area contributed by atoms with Crippen molar-refractivity contribution in [2.24, 2.45) is 0 Å². The lowest BCUT2D eigenvalue weighted by molar-refractivity contribution is -0.384. The summed E-state index contributed by atoms with van der Waals surface area (Å²) in [5.74, 6) is 0.0239. The van der Waals surface area contributed by atoms with Crippen LogP contribution in [0.1, 0.15) is 11.3 Å². The van der Waals surface area contributed by atoms with Crippen LogP contribution in [0.25, 0.3) is 17.4 Å². The van der Waals surface area contributed by atoms with E-state index in [4.69, 9.17) is 16.0 Å². The van der Waals surface area contributed by atoms with Gasteiger partial charge in [-0.2, -0.15) is 5.26 Å². The SMILES string of the molecule is Cc1ccc(NC(=O)/C(C#N)=C/c2ccc(-c3cccc(Cl)c3)o2)c([N+](=O)[O-])c1. The maximum atomic E-state index is 12.4. The highest BCUT2D eigenvalue weighted by Gasteiger charge is 2.18.